The van der Waals surface area contributed by atoms with Gasteiger partial charge in [-0.05, 0) is 42.7 Å². The normalized spacial score (nSPS) is 20.8. The Morgan fingerprint density at radius 1 is 1.15 bits per heavy atom. The van der Waals surface area contributed by atoms with E-state index in [9.17, 15) is 4.79 Å². The molecule has 12 heteroatoms. The van der Waals surface area contributed by atoms with Gasteiger partial charge in [0.2, 0.25) is 5.95 Å². The molecule has 0 radical (unpaired) electrons. The van der Waals surface area contributed by atoms with Crippen molar-refractivity contribution in [2.24, 2.45) is 4.99 Å². The number of hydrogen-bond donors (Lipinski definition) is 0. The fraction of sp³-hybridized carbons (Fsp3) is 0.724. The summed E-state index contributed by atoms with van der Waals surface area (Å²) in [5, 5.41) is 0.134. The topological polar surface area (TPSA) is 96.0 Å². The lowest BCUT2D eigenvalue weighted by Crippen LogP contribution is -2.48. The summed E-state index contributed by atoms with van der Waals surface area (Å²) in [5.74, 6) is 0.324. The highest BCUT2D eigenvalue weighted by molar-refractivity contribution is 6.74. The molecule has 0 saturated carbocycles. The zero-order valence-corrected chi connectivity index (χ0v) is 29.3. The number of fused-ring (bicyclic) bond motifs is 1. The van der Waals surface area contributed by atoms with Crippen LogP contribution in [0.5, 0.6) is 0 Å². The Morgan fingerprint density at radius 3 is 2.34 bits per heavy atom. The van der Waals surface area contributed by atoms with Gasteiger partial charge in [0.05, 0.1) is 25.4 Å². The molecular weight excluding hydrogens is 553 g/mol. The summed E-state index contributed by atoms with van der Waals surface area (Å²) in [4.78, 5) is 29.1. The summed E-state index contributed by atoms with van der Waals surface area (Å²) in [6.07, 6.45) is 5.50. The number of hydrogen-bond acceptors (Lipinski definition) is 7. The highest BCUT2D eigenvalue weighted by Gasteiger charge is 2.47. The van der Waals surface area contributed by atoms with Crippen molar-refractivity contribution in [1.82, 2.24) is 24.0 Å². The molecule has 3 atom stereocenters. The molecule has 0 N–H and O–H groups in total. The summed E-state index contributed by atoms with van der Waals surface area (Å²) in [7, 11) is -0.359. The molecule has 230 valence electrons. The zero-order valence-electron chi connectivity index (χ0n) is 27.3. The lowest BCUT2D eigenvalue weighted by atomic mass is 10.2. The lowest BCUT2D eigenvalue weighted by molar-refractivity contribution is -0.0383. The van der Waals surface area contributed by atoms with Gasteiger partial charge in [0.25, 0.3) is 5.56 Å². The van der Waals surface area contributed by atoms with Gasteiger partial charge in [-0.3, -0.25) is 13.9 Å². The number of nitrogens with zero attached hydrogens (tertiary/aromatic N) is 6. The molecule has 0 unspecified atom stereocenters. The first-order valence-corrected chi connectivity index (χ1v) is 20.4. The van der Waals surface area contributed by atoms with Gasteiger partial charge in [-0.25, -0.2) is 9.98 Å². The van der Waals surface area contributed by atoms with Crippen molar-refractivity contribution in [3.8, 4) is 0 Å². The summed E-state index contributed by atoms with van der Waals surface area (Å²) in [6.45, 7) is 27.2. The third kappa shape index (κ3) is 7.45. The molecule has 0 aliphatic carbocycles. The van der Waals surface area contributed by atoms with E-state index in [1.54, 1.807) is 28.2 Å². The van der Waals surface area contributed by atoms with Gasteiger partial charge < -0.3 is 18.5 Å². The van der Waals surface area contributed by atoms with Gasteiger partial charge >= 0.3 is 0 Å². The molecule has 0 bridgehead atoms. The van der Waals surface area contributed by atoms with Gasteiger partial charge in [-0.1, -0.05) is 47.6 Å². The van der Waals surface area contributed by atoms with E-state index in [1.165, 1.54) is 0 Å². The molecule has 1 fully saturated rings. The van der Waals surface area contributed by atoms with E-state index in [4.69, 9.17) is 18.6 Å². The SMILES string of the molecule is C=CCCn1c(/N=C/N(C)C)nc2c(ncn2[C@H]2C[C@H](O[Si](C)(C)C(C)(C)C)[C@@H](CO[Si](C)(C)C(C)(C)C)O2)c1=O. The molecule has 1 saturated heterocycles. The first kappa shape index (κ1) is 33.4. The molecule has 3 rings (SSSR count). The van der Waals surface area contributed by atoms with Crippen LogP contribution < -0.4 is 5.56 Å². The van der Waals surface area contributed by atoms with E-state index in [1.807, 2.05) is 18.7 Å². The Balaban J connectivity index is 2.02. The van der Waals surface area contributed by atoms with Crippen LogP contribution in [0.3, 0.4) is 0 Å². The number of allylic oxidation sites excluding steroid dienone is 1. The Hall–Kier alpha value is -2.13. The van der Waals surface area contributed by atoms with Crippen molar-refractivity contribution in [3.63, 3.8) is 0 Å². The van der Waals surface area contributed by atoms with Crippen molar-refractivity contribution >= 4 is 40.1 Å². The summed E-state index contributed by atoms with van der Waals surface area (Å²) in [5.41, 5.74) is 0.522. The van der Waals surface area contributed by atoms with Crippen molar-refractivity contribution < 1.29 is 13.6 Å². The van der Waals surface area contributed by atoms with Crippen LogP contribution in [0, 0.1) is 0 Å². The number of aliphatic imine (C=N–C) groups is 1. The second kappa shape index (κ2) is 12.2. The smallest absolute Gasteiger partial charge is 0.283 e. The van der Waals surface area contributed by atoms with Crippen molar-refractivity contribution in [2.75, 3.05) is 20.7 Å². The second-order valence-corrected chi connectivity index (χ2v) is 23.9. The van der Waals surface area contributed by atoms with Crippen LogP contribution >= 0.6 is 0 Å². The Bertz CT molecular complexity index is 1300. The fourth-order valence-electron chi connectivity index (χ4n) is 4.10. The Labute approximate surface area is 248 Å². The highest BCUT2D eigenvalue weighted by Crippen LogP contribution is 2.42. The average Bonchev–Trinajstić information content (AvgIpc) is 3.43. The molecular formula is C29H52N6O4Si2. The summed E-state index contributed by atoms with van der Waals surface area (Å²) in [6, 6.07) is 0. The highest BCUT2D eigenvalue weighted by atomic mass is 28.4. The molecule has 10 nitrogen and oxygen atoms in total. The third-order valence-corrected chi connectivity index (χ3v) is 17.8. The molecule has 1 aliphatic heterocycles. The quantitative estimate of drug-likeness (QED) is 0.133. The minimum absolute atomic E-state index is 0.0506. The maximum atomic E-state index is 13.5. The molecule has 1 aliphatic rings. The molecule has 0 spiro atoms. The second-order valence-electron chi connectivity index (χ2n) is 14.3. The van der Waals surface area contributed by atoms with E-state index >= 15 is 0 Å². The Kier molecular flexibility index (Phi) is 9.96. The van der Waals surface area contributed by atoms with Crippen LogP contribution in [0.25, 0.3) is 11.2 Å². The molecule has 2 aromatic rings. The first-order chi connectivity index (χ1) is 18.8. The van der Waals surface area contributed by atoms with E-state index in [2.05, 4.69) is 84.3 Å². The minimum atomic E-state index is -2.10. The van der Waals surface area contributed by atoms with Crippen molar-refractivity contribution in [1.29, 1.82) is 0 Å². The minimum Gasteiger partial charge on any atom is -0.414 e. The maximum Gasteiger partial charge on any atom is 0.283 e. The molecule has 3 heterocycles. The third-order valence-electron chi connectivity index (χ3n) is 8.78. The number of rotatable bonds is 11. The molecule has 2 aromatic heterocycles. The van der Waals surface area contributed by atoms with E-state index in [-0.39, 0.29) is 27.8 Å². The molecule has 0 amide bonds. The summed E-state index contributed by atoms with van der Waals surface area (Å²) >= 11 is 0. The van der Waals surface area contributed by atoms with Crippen LogP contribution in [0.4, 0.5) is 5.95 Å². The van der Waals surface area contributed by atoms with Crippen LogP contribution in [0.15, 0.2) is 28.8 Å². The van der Waals surface area contributed by atoms with Gasteiger partial charge in [-0.2, -0.15) is 4.98 Å². The predicted octanol–water partition coefficient (Wildman–Crippen LogP) is 6.09. The summed E-state index contributed by atoms with van der Waals surface area (Å²) < 4.78 is 23.6. The first-order valence-electron chi connectivity index (χ1n) is 14.5. The fourth-order valence-corrected chi connectivity index (χ4v) is 6.47. The number of imidazole rings is 1. The average molecular weight is 605 g/mol. The van der Waals surface area contributed by atoms with Gasteiger partial charge in [0, 0.05) is 27.1 Å². The van der Waals surface area contributed by atoms with Gasteiger partial charge in [0.15, 0.2) is 27.8 Å². The molecule has 0 aromatic carbocycles. The molecule has 41 heavy (non-hydrogen) atoms. The van der Waals surface area contributed by atoms with E-state index in [0.717, 1.165) is 0 Å². The van der Waals surface area contributed by atoms with E-state index < -0.39 is 22.9 Å². The lowest BCUT2D eigenvalue weighted by Gasteiger charge is -2.40. The van der Waals surface area contributed by atoms with Crippen molar-refractivity contribution in [3.05, 3.63) is 29.3 Å². The van der Waals surface area contributed by atoms with Crippen LogP contribution in [-0.4, -0.2) is 79.9 Å². The monoisotopic (exact) mass is 604 g/mol. The number of ether oxygens (including phenoxy) is 1. The van der Waals surface area contributed by atoms with Gasteiger partial charge in [0.1, 0.15) is 12.3 Å². The Morgan fingerprint density at radius 2 is 1.78 bits per heavy atom. The van der Waals surface area contributed by atoms with Crippen LogP contribution in [-0.2, 0) is 20.1 Å². The number of aromatic nitrogens is 4. The van der Waals surface area contributed by atoms with E-state index in [0.29, 0.717) is 43.1 Å². The van der Waals surface area contributed by atoms with Gasteiger partial charge in [-0.15, -0.1) is 6.58 Å². The van der Waals surface area contributed by atoms with Crippen LogP contribution in [0.1, 0.15) is 60.6 Å². The zero-order chi connectivity index (χ0) is 31.0. The maximum absolute atomic E-state index is 13.5. The standard InChI is InChI=1S/C29H52N6O4Si2/c1-14-15-16-34-26(36)24-25(32-27(34)31-19-33(8)9)35(20-30-24)23-17-21(39-41(12,13)29(5,6)7)22(38-23)18-37-40(10,11)28(2,3)4/h14,19-23H,1,15-18H2,2-13H3/b31-19+/t21-,22+,23+/m0/s1. The van der Waals surface area contributed by atoms with Crippen LogP contribution in [0.2, 0.25) is 36.3 Å². The largest absolute Gasteiger partial charge is 0.414 e. The van der Waals surface area contributed by atoms with Crippen molar-refractivity contribution in [2.45, 2.75) is 116 Å². The predicted molar refractivity (Wildman–Crippen MR) is 172 cm³/mol.